The number of benzene rings is 1. The zero-order valence-corrected chi connectivity index (χ0v) is 15.6. The van der Waals surface area contributed by atoms with Crippen molar-refractivity contribution >= 4 is 11.8 Å². The molecule has 0 spiro atoms. The molecule has 2 aromatic rings. The van der Waals surface area contributed by atoms with Crippen LogP contribution >= 0.6 is 0 Å². The Labute approximate surface area is 156 Å². The second-order valence-corrected chi connectivity index (χ2v) is 6.69. The minimum atomic E-state index is 0.734. The van der Waals surface area contributed by atoms with E-state index >= 15 is 0 Å². The highest BCUT2D eigenvalue weighted by Crippen LogP contribution is 2.18. The smallest absolute Gasteiger partial charge is 0.191 e. The van der Waals surface area contributed by atoms with Crippen molar-refractivity contribution in [3.63, 3.8) is 0 Å². The molecule has 2 heterocycles. The fourth-order valence-corrected chi connectivity index (χ4v) is 3.23. The van der Waals surface area contributed by atoms with Crippen LogP contribution in [0.1, 0.15) is 36.8 Å². The summed E-state index contributed by atoms with van der Waals surface area (Å²) < 4.78 is 0. The molecule has 0 saturated carbocycles. The number of guanidine groups is 1. The minimum Gasteiger partial charge on any atom is -0.357 e. The molecule has 1 aliphatic heterocycles. The van der Waals surface area contributed by atoms with Gasteiger partial charge in [0, 0.05) is 39.4 Å². The van der Waals surface area contributed by atoms with Gasteiger partial charge in [-0.3, -0.25) is 4.99 Å². The third-order valence-electron chi connectivity index (χ3n) is 4.73. The molecule has 0 unspecified atom stereocenters. The van der Waals surface area contributed by atoms with Gasteiger partial charge in [0.15, 0.2) is 5.96 Å². The number of nitrogens with zero attached hydrogens (tertiary/aromatic N) is 3. The van der Waals surface area contributed by atoms with E-state index in [1.54, 1.807) is 7.05 Å². The molecule has 5 heteroatoms. The number of aliphatic imine (C=N–C) groups is 1. The Hall–Kier alpha value is -2.56. The first kappa shape index (κ1) is 18.2. The molecule has 1 aromatic carbocycles. The lowest BCUT2D eigenvalue weighted by Crippen LogP contribution is -2.36. The molecule has 5 nitrogen and oxygen atoms in total. The van der Waals surface area contributed by atoms with Crippen LogP contribution in [0.2, 0.25) is 0 Å². The molecule has 1 fully saturated rings. The topological polar surface area (TPSA) is 52.6 Å². The molecule has 0 radical (unpaired) electrons. The molecule has 0 bridgehead atoms. The Morgan fingerprint density at radius 2 is 1.65 bits per heavy atom. The van der Waals surface area contributed by atoms with Crippen LogP contribution in [0.15, 0.2) is 53.7 Å². The largest absolute Gasteiger partial charge is 0.357 e. The molecule has 0 atom stereocenters. The molecule has 138 valence electrons. The molecule has 0 aliphatic carbocycles. The van der Waals surface area contributed by atoms with Crippen molar-refractivity contribution in [2.75, 3.05) is 25.0 Å². The van der Waals surface area contributed by atoms with Gasteiger partial charge >= 0.3 is 0 Å². The van der Waals surface area contributed by atoms with Crippen LogP contribution in [0, 0.1) is 0 Å². The van der Waals surface area contributed by atoms with Gasteiger partial charge in [-0.1, -0.05) is 43.2 Å². The van der Waals surface area contributed by atoms with Crippen LogP contribution in [-0.4, -0.2) is 31.1 Å². The third-order valence-corrected chi connectivity index (χ3v) is 4.73. The first-order chi connectivity index (χ1) is 12.8. The number of nitrogens with one attached hydrogen (secondary N) is 2. The van der Waals surface area contributed by atoms with Gasteiger partial charge in [0.1, 0.15) is 5.82 Å². The Balaban J connectivity index is 1.53. The lowest BCUT2D eigenvalue weighted by Gasteiger charge is -2.22. The van der Waals surface area contributed by atoms with E-state index in [2.05, 4.69) is 61.9 Å². The maximum atomic E-state index is 4.58. The van der Waals surface area contributed by atoms with Crippen molar-refractivity contribution < 1.29 is 0 Å². The second kappa shape index (κ2) is 9.80. The standard InChI is InChI=1S/C21H29N5/c1-22-21(24-16-18-9-5-4-6-10-18)25-17-19-11-12-23-20(15-19)26-13-7-2-3-8-14-26/h4-6,9-12,15H,2-3,7-8,13-14,16-17H2,1H3,(H2,22,24,25). The lowest BCUT2D eigenvalue weighted by atomic mass is 10.2. The van der Waals surface area contributed by atoms with E-state index in [4.69, 9.17) is 0 Å². The Morgan fingerprint density at radius 3 is 2.35 bits per heavy atom. The fourth-order valence-electron chi connectivity index (χ4n) is 3.23. The van der Waals surface area contributed by atoms with Gasteiger partial charge in [-0.2, -0.15) is 0 Å². The van der Waals surface area contributed by atoms with Gasteiger partial charge in [-0.15, -0.1) is 0 Å². The number of aromatic nitrogens is 1. The zero-order chi connectivity index (χ0) is 18.0. The first-order valence-corrected chi connectivity index (χ1v) is 9.53. The van der Waals surface area contributed by atoms with Gasteiger partial charge < -0.3 is 15.5 Å². The maximum absolute atomic E-state index is 4.58. The lowest BCUT2D eigenvalue weighted by molar-refractivity contribution is 0.726. The molecule has 1 aromatic heterocycles. The van der Waals surface area contributed by atoms with Gasteiger partial charge in [0.05, 0.1) is 0 Å². The van der Waals surface area contributed by atoms with E-state index in [1.165, 1.54) is 36.8 Å². The predicted octanol–water partition coefficient (Wildman–Crippen LogP) is 3.33. The van der Waals surface area contributed by atoms with Crippen LogP contribution in [-0.2, 0) is 13.1 Å². The average molecular weight is 351 g/mol. The van der Waals surface area contributed by atoms with Crippen molar-refractivity contribution in [3.05, 3.63) is 59.8 Å². The molecule has 26 heavy (non-hydrogen) atoms. The highest BCUT2D eigenvalue weighted by molar-refractivity contribution is 5.79. The van der Waals surface area contributed by atoms with Crippen LogP contribution < -0.4 is 15.5 Å². The Morgan fingerprint density at radius 1 is 0.962 bits per heavy atom. The Bertz CT molecular complexity index is 691. The second-order valence-electron chi connectivity index (χ2n) is 6.69. The van der Waals surface area contributed by atoms with Crippen LogP contribution in [0.4, 0.5) is 5.82 Å². The monoisotopic (exact) mass is 351 g/mol. The van der Waals surface area contributed by atoms with E-state index in [1.807, 2.05) is 12.3 Å². The van der Waals surface area contributed by atoms with Gasteiger partial charge in [-0.25, -0.2) is 4.98 Å². The zero-order valence-electron chi connectivity index (χ0n) is 15.6. The van der Waals surface area contributed by atoms with Crippen molar-refractivity contribution in [1.82, 2.24) is 15.6 Å². The number of pyridine rings is 1. The van der Waals surface area contributed by atoms with E-state index in [-0.39, 0.29) is 0 Å². The normalized spacial score (nSPS) is 15.4. The van der Waals surface area contributed by atoms with E-state index in [0.717, 1.165) is 38.0 Å². The maximum Gasteiger partial charge on any atom is 0.191 e. The highest BCUT2D eigenvalue weighted by atomic mass is 15.2. The summed E-state index contributed by atoms with van der Waals surface area (Å²) in [5.74, 6) is 1.90. The van der Waals surface area contributed by atoms with Gasteiger partial charge in [0.25, 0.3) is 0 Å². The molecule has 1 saturated heterocycles. The molecule has 0 amide bonds. The summed E-state index contributed by atoms with van der Waals surface area (Å²) in [6, 6.07) is 14.6. The van der Waals surface area contributed by atoms with Crippen molar-refractivity contribution in [3.8, 4) is 0 Å². The van der Waals surface area contributed by atoms with Gasteiger partial charge in [0.2, 0.25) is 0 Å². The SMILES string of the molecule is CN=C(NCc1ccccc1)NCc1ccnc(N2CCCCCC2)c1. The first-order valence-electron chi connectivity index (χ1n) is 9.53. The van der Waals surface area contributed by atoms with E-state index in [9.17, 15) is 0 Å². The minimum absolute atomic E-state index is 0.734. The van der Waals surface area contributed by atoms with Crippen LogP contribution in [0.3, 0.4) is 0 Å². The number of hydrogen-bond donors (Lipinski definition) is 2. The average Bonchev–Trinajstić information content (AvgIpc) is 2.99. The van der Waals surface area contributed by atoms with Crippen LogP contribution in [0.5, 0.6) is 0 Å². The summed E-state index contributed by atoms with van der Waals surface area (Å²) in [6.07, 6.45) is 7.11. The van der Waals surface area contributed by atoms with E-state index in [0.29, 0.717) is 0 Å². The summed E-state index contributed by atoms with van der Waals surface area (Å²) in [5, 5.41) is 6.75. The summed E-state index contributed by atoms with van der Waals surface area (Å²) in [6.45, 7) is 3.72. The molecule has 1 aliphatic rings. The summed E-state index contributed by atoms with van der Waals surface area (Å²) in [5.41, 5.74) is 2.46. The van der Waals surface area contributed by atoms with Gasteiger partial charge in [-0.05, 0) is 36.1 Å². The summed E-state index contributed by atoms with van der Waals surface area (Å²) >= 11 is 0. The molecule has 3 rings (SSSR count). The summed E-state index contributed by atoms with van der Waals surface area (Å²) in [7, 11) is 1.80. The fraction of sp³-hybridized carbons (Fsp3) is 0.429. The number of hydrogen-bond acceptors (Lipinski definition) is 3. The predicted molar refractivity (Wildman–Crippen MR) is 108 cm³/mol. The number of anilines is 1. The third kappa shape index (κ3) is 5.48. The quantitative estimate of drug-likeness (QED) is 0.641. The van der Waals surface area contributed by atoms with Crippen molar-refractivity contribution in [2.24, 2.45) is 4.99 Å². The number of rotatable bonds is 5. The molecular formula is C21H29N5. The Kier molecular flexibility index (Phi) is 6.88. The summed E-state index contributed by atoms with van der Waals surface area (Å²) in [4.78, 5) is 11.3. The van der Waals surface area contributed by atoms with Crippen molar-refractivity contribution in [1.29, 1.82) is 0 Å². The highest BCUT2D eigenvalue weighted by Gasteiger charge is 2.11. The van der Waals surface area contributed by atoms with Crippen LogP contribution in [0.25, 0.3) is 0 Å². The van der Waals surface area contributed by atoms with E-state index < -0.39 is 0 Å². The molecule has 2 N–H and O–H groups in total. The molecular weight excluding hydrogens is 322 g/mol. The van der Waals surface area contributed by atoms with Crippen molar-refractivity contribution in [2.45, 2.75) is 38.8 Å².